The molecule has 0 radical (unpaired) electrons. The van der Waals surface area contributed by atoms with Crippen molar-refractivity contribution in [3.63, 3.8) is 0 Å². The number of nitrogens with zero attached hydrogens (tertiary/aromatic N) is 4. The van der Waals surface area contributed by atoms with E-state index >= 15 is 0 Å². The van der Waals surface area contributed by atoms with Gasteiger partial charge in [0.1, 0.15) is 5.52 Å². The fraction of sp³-hybridized carbons (Fsp3) is 0.348. The minimum Gasteiger partial charge on any atom is -0.356 e. The molecule has 0 unspecified atom stereocenters. The van der Waals surface area contributed by atoms with Gasteiger partial charge >= 0.3 is 0 Å². The van der Waals surface area contributed by atoms with Gasteiger partial charge in [-0.2, -0.15) is 0 Å². The molecule has 29 heavy (non-hydrogen) atoms. The van der Waals surface area contributed by atoms with E-state index in [0.29, 0.717) is 18.0 Å². The second-order valence-electron chi connectivity index (χ2n) is 7.94. The first-order chi connectivity index (χ1) is 14.2. The van der Waals surface area contributed by atoms with Gasteiger partial charge in [0.2, 0.25) is 0 Å². The van der Waals surface area contributed by atoms with E-state index in [9.17, 15) is 4.79 Å². The molecule has 1 aliphatic heterocycles. The number of rotatable bonds is 4. The molecule has 3 aromatic heterocycles. The summed E-state index contributed by atoms with van der Waals surface area (Å²) < 4.78 is 7.33. The number of piperidine rings is 1. The lowest BCUT2D eigenvalue weighted by atomic mass is 9.91. The number of likely N-dealkylation sites (tertiary alicyclic amines) is 1. The summed E-state index contributed by atoms with van der Waals surface area (Å²) in [5.74, 6) is 0.433. The fourth-order valence-corrected chi connectivity index (χ4v) is 4.32. The average molecular weight is 388 g/mol. The van der Waals surface area contributed by atoms with E-state index in [2.05, 4.69) is 40.2 Å². The largest absolute Gasteiger partial charge is 0.356 e. The van der Waals surface area contributed by atoms with E-state index in [1.807, 2.05) is 24.4 Å². The number of hydrogen-bond donors (Lipinski definition) is 0. The zero-order valence-electron chi connectivity index (χ0n) is 16.5. The van der Waals surface area contributed by atoms with Crippen molar-refractivity contribution in [1.82, 2.24) is 19.6 Å². The molecule has 0 bridgehead atoms. The Morgan fingerprint density at radius 1 is 1.14 bits per heavy atom. The van der Waals surface area contributed by atoms with Gasteiger partial charge < -0.3 is 14.0 Å². The summed E-state index contributed by atoms with van der Waals surface area (Å²) in [5, 5.41) is 6.41. The van der Waals surface area contributed by atoms with E-state index in [-0.39, 0.29) is 5.56 Å². The zero-order chi connectivity index (χ0) is 19.8. The summed E-state index contributed by atoms with van der Waals surface area (Å²) in [6.07, 6.45) is 5.67. The number of hydrogen-bond acceptors (Lipinski definition) is 5. The molecule has 1 saturated heterocycles. The molecule has 148 valence electrons. The summed E-state index contributed by atoms with van der Waals surface area (Å²) >= 11 is 0. The molecule has 0 saturated carbocycles. The van der Waals surface area contributed by atoms with Crippen LogP contribution in [-0.4, -0.2) is 39.2 Å². The molecule has 1 aromatic carbocycles. The lowest BCUT2D eigenvalue weighted by molar-refractivity contribution is 0.202. The molecule has 4 heterocycles. The van der Waals surface area contributed by atoms with Gasteiger partial charge in [0, 0.05) is 42.2 Å². The number of benzene rings is 1. The first-order valence-electron chi connectivity index (χ1n) is 10.2. The molecule has 4 aromatic rings. The SMILES string of the molecule is Cc1ccc2c(C3CCN(CCn4ccc5cccnc5c4=O)CC3)noc2c1. The van der Waals surface area contributed by atoms with Gasteiger partial charge in [-0.05, 0) is 62.7 Å². The quantitative estimate of drug-likeness (QED) is 0.533. The van der Waals surface area contributed by atoms with Crippen molar-refractivity contribution < 1.29 is 4.52 Å². The van der Waals surface area contributed by atoms with Gasteiger partial charge in [0.05, 0.1) is 5.69 Å². The van der Waals surface area contributed by atoms with E-state index in [0.717, 1.165) is 54.5 Å². The van der Waals surface area contributed by atoms with Crippen LogP contribution in [0.2, 0.25) is 0 Å². The zero-order valence-corrected chi connectivity index (χ0v) is 16.5. The van der Waals surface area contributed by atoms with Crippen molar-refractivity contribution in [3.8, 4) is 0 Å². The molecule has 5 rings (SSSR count). The highest BCUT2D eigenvalue weighted by Crippen LogP contribution is 2.32. The maximum atomic E-state index is 12.6. The minimum atomic E-state index is -0.0117. The molecular weight excluding hydrogens is 364 g/mol. The Balaban J connectivity index is 1.23. The van der Waals surface area contributed by atoms with Crippen molar-refractivity contribution in [3.05, 3.63) is 70.4 Å². The van der Waals surface area contributed by atoms with Crippen molar-refractivity contribution in [2.24, 2.45) is 0 Å². The predicted molar refractivity (Wildman–Crippen MR) is 113 cm³/mol. The van der Waals surface area contributed by atoms with Crippen molar-refractivity contribution in [2.45, 2.75) is 32.2 Å². The Morgan fingerprint density at radius 2 is 2.00 bits per heavy atom. The topological polar surface area (TPSA) is 64.2 Å². The van der Waals surface area contributed by atoms with Gasteiger partial charge in [0.25, 0.3) is 5.56 Å². The number of pyridine rings is 2. The Bertz CT molecular complexity index is 1220. The smallest absolute Gasteiger partial charge is 0.277 e. The van der Waals surface area contributed by atoms with Crippen LogP contribution in [0.3, 0.4) is 0 Å². The van der Waals surface area contributed by atoms with Crippen molar-refractivity contribution in [1.29, 1.82) is 0 Å². The highest BCUT2D eigenvalue weighted by molar-refractivity contribution is 5.80. The summed E-state index contributed by atoms with van der Waals surface area (Å²) in [5.41, 5.74) is 3.70. The lowest BCUT2D eigenvalue weighted by Gasteiger charge is -2.31. The number of aryl methyl sites for hydroxylation is 1. The van der Waals surface area contributed by atoms with E-state index in [4.69, 9.17) is 4.52 Å². The molecule has 0 atom stereocenters. The Morgan fingerprint density at radius 3 is 2.86 bits per heavy atom. The van der Waals surface area contributed by atoms with Crippen LogP contribution in [-0.2, 0) is 6.54 Å². The maximum absolute atomic E-state index is 12.6. The van der Waals surface area contributed by atoms with Gasteiger partial charge in [-0.3, -0.25) is 9.78 Å². The van der Waals surface area contributed by atoms with Crippen molar-refractivity contribution in [2.75, 3.05) is 19.6 Å². The van der Waals surface area contributed by atoms with E-state index in [1.54, 1.807) is 10.8 Å². The van der Waals surface area contributed by atoms with Gasteiger partial charge in [0.15, 0.2) is 5.58 Å². The van der Waals surface area contributed by atoms with Gasteiger partial charge in [-0.25, -0.2) is 0 Å². The van der Waals surface area contributed by atoms with Crippen molar-refractivity contribution >= 4 is 21.9 Å². The number of fused-ring (bicyclic) bond motifs is 2. The van der Waals surface area contributed by atoms with Crippen LogP contribution in [0.1, 0.15) is 30.0 Å². The average Bonchev–Trinajstić information content (AvgIpc) is 3.17. The normalized spacial score (nSPS) is 16.0. The Labute approximate surface area is 168 Å². The Hall–Kier alpha value is -2.99. The van der Waals surface area contributed by atoms with Gasteiger partial charge in [-0.1, -0.05) is 17.3 Å². The first kappa shape index (κ1) is 18.1. The fourth-order valence-electron chi connectivity index (χ4n) is 4.32. The standard InChI is InChI=1S/C23H24N4O2/c1-16-4-5-19-20(15-16)29-25-21(19)18-6-10-26(11-7-18)13-14-27-12-8-17-3-2-9-24-22(17)23(27)28/h2-5,8-9,12,15,18H,6-7,10-11,13-14H2,1H3. The van der Waals surface area contributed by atoms with Crippen LogP contribution in [0.15, 0.2) is 58.1 Å². The summed E-state index contributed by atoms with van der Waals surface area (Å²) in [6, 6.07) is 12.0. The van der Waals surface area contributed by atoms with Crippen LogP contribution in [0, 0.1) is 6.92 Å². The first-order valence-corrected chi connectivity index (χ1v) is 10.2. The summed E-state index contributed by atoms with van der Waals surface area (Å²) in [6.45, 7) is 5.62. The molecular formula is C23H24N4O2. The molecule has 0 spiro atoms. The Kier molecular flexibility index (Phi) is 4.64. The third-order valence-electron chi connectivity index (χ3n) is 6.02. The molecule has 0 amide bonds. The maximum Gasteiger partial charge on any atom is 0.277 e. The summed E-state index contributed by atoms with van der Waals surface area (Å²) in [4.78, 5) is 19.3. The third kappa shape index (κ3) is 3.44. The van der Waals surface area contributed by atoms with Gasteiger partial charge in [-0.15, -0.1) is 0 Å². The van der Waals surface area contributed by atoms with Crippen LogP contribution in [0.4, 0.5) is 0 Å². The van der Waals surface area contributed by atoms with Crippen LogP contribution >= 0.6 is 0 Å². The second-order valence-corrected chi connectivity index (χ2v) is 7.94. The highest BCUT2D eigenvalue weighted by Gasteiger charge is 2.25. The highest BCUT2D eigenvalue weighted by atomic mass is 16.5. The molecule has 6 nitrogen and oxygen atoms in total. The van der Waals surface area contributed by atoms with E-state index < -0.39 is 0 Å². The lowest BCUT2D eigenvalue weighted by Crippen LogP contribution is -2.36. The number of aromatic nitrogens is 3. The van der Waals surface area contributed by atoms with E-state index in [1.165, 1.54) is 5.56 Å². The molecule has 0 aliphatic carbocycles. The molecule has 1 fully saturated rings. The molecule has 1 aliphatic rings. The molecule has 0 N–H and O–H groups in total. The predicted octanol–water partition coefficient (Wildman–Crippen LogP) is 3.73. The monoisotopic (exact) mass is 388 g/mol. The van der Waals surface area contributed by atoms with Crippen LogP contribution < -0.4 is 5.56 Å². The second kappa shape index (κ2) is 7.44. The third-order valence-corrected chi connectivity index (χ3v) is 6.02. The minimum absolute atomic E-state index is 0.0117. The molecule has 6 heteroatoms. The van der Waals surface area contributed by atoms with Crippen LogP contribution in [0.25, 0.3) is 21.9 Å². The summed E-state index contributed by atoms with van der Waals surface area (Å²) in [7, 11) is 0. The van der Waals surface area contributed by atoms with Crippen LogP contribution in [0.5, 0.6) is 0 Å².